The molecule has 0 radical (unpaired) electrons. The molecule has 1 amide bonds. The van der Waals surface area contributed by atoms with Gasteiger partial charge in [-0.05, 0) is 31.0 Å². The van der Waals surface area contributed by atoms with Gasteiger partial charge < -0.3 is 15.1 Å². The van der Waals surface area contributed by atoms with Crippen LogP contribution in [0.5, 0.6) is 0 Å². The van der Waals surface area contributed by atoms with Gasteiger partial charge in [0.2, 0.25) is 11.9 Å². The summed E-state index contributed by atoms with van der Waals surface area (Å²) in [7, 11) is 3.55. The fourth-order valence-electron chi connectivity index (χ4n) is 3.00. The van der Waals surface area contributed by atoms with Crippen LogP contribution in [0.1, 0.15) is 12.8 Å². The van der Waals surface area contributed by atoms with Crippen LogP contribution < -0.4 is 10.2 Å². The summed E-state index contributed by atoms with van der Waals surface area (Å²) in [6.07, 6.45) is 3.43. The standard InChI is InChI=1S/C18H22FN5O/c1-23(2)17(25)13-6-5-11-24(12-13)18-20-10-9-16(22-18)21-15-8-4-3-7-14(15)19/h3-4,7-10,13H,5-6,11-12H2,1-2H3,(H,20,21,22). The topological polar surface area (TPSA) is 61.4 Å². The van der Waals surface area contributed by atoms with Gasteiger partial charge >= 0.3 is 0 Å². The molecule has 3 rings (SSSR count). The number of hydrogen-bond acceptors (Lipinski definition) is 5. The Kier molecular flexibility index (Phi) is 5.11. The lowest BCUT2D eigenvalue weighted by Gasteiger charge is -2.33. The number of nitrogens with one attached hydrogen (secondary N) is 1. The molecule has 1 saturated heterocycles. The normalized spacial score (nSPS) is 17.2. The summed E-state index contributed by atoms with van der Waals surface area (Å²) < 4.78 is 13.8. The SMILES string of the molecule is CN(C)C(=O)C1CCCN(c2nccc(Nc3ccccc3F)n2)C1. The Labute approximate surface area is 146 Å². The number of piperidine rings is 1. The molecule has 1 aliphatic rings. The summed E-state index contributed by atoms with van der Waals surface area (Å²) in [5, 5.41) is 2.98. The molecule has 0 aliphatic carbocycles. The molecular weight excluding hydrogens is 321 g/mol. The zero-order valence-corrected chi connectivity index (χ0v) is 14.4. The highest BCUT2D eigenvalue weighted by Gasteiger charge is 2.28. The lowest BCUT2D eigenvalue weighted by atomic mass is 9.97. The number of hydrogen-bond donors (Lipinski definition) is 1. The van der Waals surface area contributed by atoms with Crippen LogP contribution >= 0.6 is 0 Å². The third-order valence-electron chi connectivity index (χ3n) is 4.27. The second-order valence-corrected chi connectivity index (χ2v) is 6.36. The highest BCUT2D eigenvalue weighted by molar-refractivity contribution is 5.79. The van der Waals surface area contributed by atoms with E-state index in [1.807, 2.05) is 4.90 Å². The Morgan fingerprint density at radius 1 is 1.32 bits per heavy atom. The molecule has 6 nitrogen and oxygen atoms in total. The third-order valence-corrected chi connectivity index (χ3v) is 4.27. The van der Waals surface area contributed by atoms with Crippen molar-refractivity contribution >= 4 is 23.4 Å². The van der Waals surface area contributed by atoms with Gasteiger partial charge in [-0.2, -0.15) is 4.98 Å². The van der Waals surface area contributed by atoms with Crippen LogP contribution in [0.3, 0.4) is 0 Å². The summed E-state index contributed by atoms with van der Waals surface area (Å²) in [6, 6.07) is 8.15. The van der Waals surface area contributed by atoms with E-state index in [0.29, 0.717) is 24.0 Å². The van der Waals surface area contributed by atoms with E-state index in [9.17, 15) is 9.18 Å². The van der Waals surface area contributed by atoms with Gasteiger partial charge in [0.25, 0.3) is 0 Å². The van der Waals surface area contributed by atoms with Crippen molar-refractivity contribution in [2.75, 3.05) is 37.4 Å². The largest absolute Gasteiger partial charge is 0.349 e. The van der Waals surface area contributed by atoms with Crippen molar-refractivity contribution in [1.29, 1.82) is 0 Å². The molecule has 1 aromatic heterocycles. The first-order chi connectivity index (χ1) is 12.0. The van der Waals surface area contributed by atoms with E-state index in [-0.39, 0.29) is 17.6 Å². The number of para-hydroxylation sites is 1. The van der Waals surface area contributed by atoms with E-state index in [1.54, 1.807) is 49.5 Å². The van der Waals surface area contributed by atoms with Gasteiger partial charge in [-0.15, -0.1) is 0 Å². The molecule has 25 heavy (non-hydrogen) atoms. The average molecular weight is 343 g/mol. The number of carbonyl (C=O) groups excluding carboxylic acids is 1. The molecule has 0 saturated carbocycles. The lowest BCUT2D eigenvalue weighted by Crippen LogP contribution is -2.43. The quantitative estimate of drug-likeness (QED) is 0.925. The van der Waals surface area contributed by atoms with E-state index < -0.39 is 0 Å². The monoisotopic (exact) mass is 343 g/mol. The Hall–Kier alpha value is -2.70. The number of nitrogens with zero attached hydrogens (tertiary/aromatic N) is 4. The minimum Gasteiger partial charge on any atom is -0.349 e. The third kappa shape index (κ3) is 4.04. The van der Waals surface area contributed by atoms with Crippen molar-refractivity contribution < 1.29 is 9.18 Å². The molecule has 0 spiro atoms. The molecule has 1 aliphatic heterocycles. The molecular formula is C18H22FN5O. The van der Waals surface area contributed by atoms with E-state index in [2.05, 4.69) is 15.3 Å². The number of halogens is 1. The second kappa shape index (κ2) is 7.46. The Balaban J connectivity index is 1.75. The van der Waals surface area contributed by atoms with Crippen LogP contribution in [0.15, 0.2) is 36.5 Å². The maximum Gasteiger partial charge on any atom is 0.227 e. The molecule has 1 atom stereocenters. The number of anilines is 3. The van der Waals surface area contributed by atoms with Crippen molar-refractivity contribution in [2.45, 2.75) is 12.8 Å². The van der Waals surface area contributed by atoms with Gasteiger partial charge in [-0.3, -0.25) is 4.79 Å². The molecule has 1 aromatic carbocycles. The average Bonchev–Trinajstić information content (AvgIpc) is 2.63. The van der Waals surface area contributed by atoms with E-state index in [1.165, 1.54) is 6.07 Å². The Morgan fingerprint density at radius 3 is 2.88 bits per heavy atom. The Morgan fingerprint density at radius 2 is 2.12 bits per heavy atom. The lowest BCUT2D eigenvalue weighted by molar-refractivity contribution is -0.133. The van der Waals surface area contributed by atoms with Crippen molar-refractivity contribution in [3.8, 4) is 0 Å². The van der Waals surface area contributed by atoms with Crippen molar-refractivity contribution in [2.24, 2.45) is 5.92 Å². The second-order valence-electron chi connectivity index (χ2n) is 6.36. The molecule has 2 heterocycles. The number of amides is 1. The molecule has 132 valence electrons. The zero-order chi connectivity index (χ0) is 17.8. The van der Waals surface area contributed by atoms with E-state index in [4.69, 9.17) is 0 Å². The van der Waals surface area contributed by atoms with Gasteiger partial charge in [0.15, 0.2) is 0 Å². The van der Waals surface area contributed by atoms with Crippen molar-refractivity contribution in [3.05, 3.63) is 42.3 Å². The first kappa shape index (κ1) is 17.1. The fraction of sp³-hybridized carbons (Fsp3) is 0.389. The van der Waals surface area contributed by atoms with Crippen LogP contribution in [0.4, 0.5) is 21.8 Å². The van der Waals surface area contributed by atoms with Gasteiger partial charge in [0.05, 0.1) is 11.6 Å². The van der Waals surface area contributed by atoms with Gasteiger partial charge in [0, 0.05) is 33.4 Å². The first-order valence-electron chi connectivity index (χ1n) is 8.35. The maximum atomic E-state index is 13.8. The van der Waals surface area contributed by atoms with E-state index in [0.717, 1.165) is 19.4 Å². The number of benzene rings is 1. The fourth-order valence-corrected chi connectivity index (χ4v) is 3.00. The van der Waals surface area contributed by atoms with Crippen LogP contribution in [-0.2, 0) is 4.79 Å². The van der Waals surface area contributed by atoms with Crippen molar-refractivity contribution in [1.82, 2.24) is 14.9 Å². The van der Waals surface area contributed by atoms with Gasteiger partial charge in [-0.25, -0.2) is 9.37 Å². The molecule has 1 N–H and O–H groups in total. The Bertz CT molecular complexity index is 752. The smallest absolute Gasteiger partial charge is 0.227 e. The predicted octanol–water partition coefficient (Wildman–Crippen LogP) is 2.66. The predicted molar refractivity (Wildman–Crippen MR) is 95.3 cm³/mol. The summed E-state index contributed by atoms with van der Waals surface area (Å²) in [5.41, 5.74) is 0.367. The maximum absolute atomic E-state index is 13.8. The first-order valence-corrected chi connectivity index (χ1v) is 8.35. The van der Waals surface area contributed by atoms with Crippen LogP contribution in [0.25, 0.3) is 0 Å². The van der Waals surface area contributed by atoms with E-state index >= 15 is 0 Å². The molecule has 1 unspecified atom stereocenters. The zero-order valence-electron chi connectivity index (χ0n) is 14.4. The minimum atomic E-state index is -0.336. The highest BCUT2D eigenvalue weighted by atomic mass is 19.1. The summed E-state index contributed by atoms with van der Waals surface area (Å²) in [6.45, 7) is 1.40. The molecule has 1 fully saturated rings. The van der Waals surface area contributed by atoms with Gasteiger partial charge in [0.1, 0.15) is 11.6 Å². The minimum absolute atomic E-state index is 0.0458. The van der Waals surface area contributed by atoms with Crippen molar-refractivity contribution in [3.63, 3.8) is 0 Å². The summed E-state index contributed by atoms with van der Waals surface area (Å²) in [5.74, 6) is 0.826. The highest BCUT2D eigenvalue weighted by Crippen LogP contribution is 2.24. The summed E-state index contributed by atoms with van der Waals surface area (Å²) in [4.78, 5) is 24.7. The molecule has 2 aromatic rings. The molecule has 7 heteroatoms. The van der Waals surface area contributed by atoms with Crippen LogP contribution in [-0.4, -0.2) is 48.0 Å². The van der Waals surface area contributed by atoms with Crippen LogP contribution in [0.2, 0.25) is 0 Å². The number of aromatic nitrogens is 2. The van der Waals surface area contributed by atoms with Crippen LogP contribution in [0, 0.1) is 11.7 Å². The molecule has 0 bridgehead atoms. The van der Waals surface area contributed by atoms with Gasteiger partial charge in [-0.1, -0.05) is 12.1 Å². The number of carbonyl (C=O) groups is 1. The number of rotatable bonds is 4. The summed E-state index contributed by atoms with van der Waals surface area (Å²) >= 11 is 0.